The number of rotatable bonds is 7. The fraction of sp³-hybridized carbons (Fsp3) is 0.211. The maximum absolute atomic E-state index is 12.1. The Morgan fingerprint density at radius 1 is 1.28 bits per heavy atom. The number of ether oxygens (including phenoxy) is 1. The lowest BCUT2D eigenvalue weighted by Gasteiger charge is -2.10. The van der Waals surface area contributed by atoms with Gasteiger partial charge in [0.15, 0.2) is 0 Å². The predicted octanol–water partition coefficient (Wildman–Crippen LogP) is 4.34. The fourth-order valence-electron chi connectivity index (χ4n) is 2.22. The molecule has 2 rings (SSSR count). The van der Waals surface area contributed by atoms with E-state index in [0.717, 1.165) is 17.7 Å². The van der Waals surface area contributed by atoms with Crippen LogP contribution in [-0.4, -0.2) is 17.4 Å². The summed E-state index contributed by atoms with van der Waals surface area (Å²) in [5.41, 5.74) is 1.88. The second-order valence-corrected chi connectivity index (χ2v) is 5.46. The van der Waals surface area contributed by atoms with Crippen LogP contribution in [0.3, 0.4) is 0 Å². The van der Waals surface area contributed by atoms with E-state index in [-0.39, 0.29) is 11.6 Å². The van der Waals surface area contributed by atoms with Gasteiger partial charge in [-0.15, -0.1) is 0 Å². The SMILES string of the molecule is CCCOc1ccc(NC(=O)/C=C/c2ccccc2[N+](=O)[O-])c(C)c1. The van der Waals surface area contributed by atoms with Crippen molar-refractivity contribution < 1.29 is 14.5 Å². The van der Waals surface area contributed by atoms with Crippen molar-refractivity contribution in [3.05, 3.63) is 69.8 Å². The minimum atomic E-state index is -0.475. The lowest BCUT2D eigenvalue weighted by atomic mass is 10.1. The molecule has 1 N–H and O–H groups in total. The lowest BCUT2D eigenvalue weighted by molar-refractivity contribution is -0.385. The Morgan fingerprint density at radius 3 is 2.72 bits per heavy atom. The van der Waals surface area contributed by atoms with Crippen molar-refractivity contribution in [3.8, 4) is 5.75 Å². The molecule has 0 saturated carbocycles. The highest BCUT2D eigenvalue weighted by molar-refractivity contribution is 6.02. The molecule has 0 atom stereocenters. The maximum atomic E-state index is 12.1. The molecular formula is C19H20N2O4. The molecule has 25 heavy (non-hydrogen) atoms. The summed E-state index contributed by atoms with van der Waals surface area (Å²) in [4.78, 5) is 22.6. The topological polar surface area (TPSA) is 81.5 Å². The molecule has 0 aliphatic heterocycles. The molecule has 2 aromatic rings. The summed E-state index contributed by atoms with van der Waals surface area (Å²) < 4.78 is 5.55. The molecule has 0 unspecified atom stereocenters. The van der Waals surface area contributed by atoms with Crippen molar-refractivity contribution in [3.63, 3.8) is 0 Å². The van der Waals surface area contributed by atoms with Gasteiger partial charge < -0.3 is 10.1 Å². The number of aryl methyl sites for hydroxylation is 1. The first-order valence-electron chi connectivity index (χ1n) is 7.97. The summed E-state index contributed by atoms with van der Waals surface area (Å²) in [6.07, 6.45) is 3.64. The maximum Gasteiger partial charge on any atom is 0.276 e. The molecule has 0 spiro atoms. The van der Waals surface area contributed by atoms with E-state index in [1.807, 2.05) is 19.9 Å². The van der Waals surface area contributed by atoms with Gasteiger partial charge in [0.05, 0.1) is 17.1 Å². The first-order valence-corrected chi connectivity index (χ1v) is 7.97. The van der Waals surface area contributed by atoms with E-state index < -0.39 is 4.92 Å². The molecule has 0 aliphatic rings. The fourth-order valence-corrected chi connectivity index (χ4v) is 2.22. The molecule has 0 fully saturated rings. The van der Waals surface area contributed by atoms with Gasteiger partial charge in [-0.25, -0.2) is 0 Å². The third kappa shape index (κ3) is 5.17. The van der Waals surface area contributed by atoms with E-state index >= 15 is 0 Å². The summed E-state index contributed by atoms with van der Waals surface area (Å²) in [5, 5.41) is 13.7. The lowest BCUT2D eigenvalue weighted by Crippen LogP contribution is -2.09. The molecule has 130 valence electrons. The van der Waals surface area contributed by atoms with Crippen LogP contribution in [0.25, 0.3) is 6.08 Å². The summed E-state index contributed by atoms with van der Waals surface area (Å²) in [5.74, 6) is 0.399. The van der Waals surface area contributed by atoms with Gasteiger partial charge in [-0.05, 0) is 49.2 Å². The van der Waals surface area contributed by atoms with Gasteiger partial charge >= 0.3 is 0 Å². The molecule has 0 aliphatic carbocycles. The highest BCUT2D eigenvalue weighted by atomic mass is 16.6. The van der Waals surface area contributed by atoms with Crippen LogP contribution in [0.1, 0.15) is 24.5 Å². The van der Waals surface area contributed by atoms with Crippen LogP contribution in [0, 0.1) is 17.0 Å². The Morgan fingerprint density at radius 2 is 2.04 bits per heavy atom. The number of nitrogens with zero attached hydrogens (tertiary/aromatic N) is 1. The molecule has 6 heteroatoms. The highest BCUT2D eigenvalue weighted by Gasteiger charge is 2.10. The van der Waals surface area contributed by atoms with Gasteiger partial charge in [0.1, 0.15) is 5.75 Å². The van der Waals surface area contributed by atoms with Gasteiger partial charge in [0.2, 0.25) is 5.91 Å². The van der Waals surface area contributed by atoms with Gasteiger partial charge in [0.25, 0.3) is 5.69 Å². The van der Waals surface area contributed by atoms with Crippen LogP contribution in [-0.2, 0) is 4.79 Å². The van der Waals surface area contributed by atoms with Crippen LogP contribution in [0.5, 0.6) is 5.75 Å². The van der Waals surface area contributed by atoms with E-state index in [9.17, 15) is 14.9 Å². The average molecular weight is 340 g/mol. The number of nitro groups is 1. The van der Waals surface area contributed by atoms with Gasteiger partial charge in [-0.3, -0.25) is 14.9 Å². The van der Waals surface area contributed by atoms with Crippen molar-refractivity contribution in [2.24, 2.45) is 0 Å². The number of benzene rings is 2. The molecule has 6 nitrogen and oxygen atoms in total. The molecule has 0 heterocycles. The number of hydrogen-bond donors (Lipinski definition) is 1. The van der Waals surface area contributed by atoms with Gasteiger partial charge in [-0.2, -0.15) is 0 Å². The van der Waals surface area contributed by atoms with Crippen LogP contribution in [0.2, 0.25) is 0 Å². The number of nitro benzene ring substituents is 1. The predicted molar refractivity (Wildman–Crippen MR) is 97.7 cm³/mol. The van der Waals surface area contributed by atoms with Crippen molar-refractivity contribution in [2.45, 2.75) is 20.3 Å². The van der Waals surface area contributed by atoms with Crippen LogP contribution >= 0.6 is 0 Å². The van der Waals surface area contributed by atoms with E-state index in [1.165, 1.54) is 18.2 Å². The number of carbonyl (C=O) groups is 1. The van der Waals surface area contributed by atoms with Crippen LogP contribution in [0.15, 0.2) is 48.5 Å². The molecule has 0 saturated heterocycles. The molecule has 1 amide bonds. The summed E-state index contributed by atoms with van der Waals surface area (Å²) >= 11 is 0. The molecule has 0 bridgehead atoms. The minimum absolute atomic E-state index is 0.0415. The Kier molecular flexibility index (Phi) is 6.28. The zero-order chi connectivity index (χ0) is 18.2. The normalized spacial score (nSPS) is 10.6. The number of amides is 1. The van der Waals surface area contributed by atoms with E-state index in [0.29, 0.717) is 17.9 Å². The second kappa shape index (κ2) is 8.63. The number of anilines is 1. The number of nitrogens with one attached hydrogen (secondary N) is 1. The highest BCUT2D eigenvalue weighted by Crippen LogP contribution is 2.22. The van der Waals surface area contributed by atoms with Crippen molar-refractivity contribution in [1.29, 1.82) is 0 Å². The second-order valence-electron chi connectivity index (χ2n) is 5.46. The van der Waals surface area contributed by atoms with Crippen LogP contribution < -0.4 is 10.1 Å². The monoisotopic (exact) mass is 340 g/mol. The Bertz CT molecular complexity index is 800. The molecule has 0 aromatic heterocycles. The molecular weight excluding hydrogens is 320 g/mol. The zero-order valence-electron chi connectivity index (χ0n) is 14.2. The Hall–Kier alpha value is -3.15. The zero-order valence-corrected chi connectivity index (χ0v) is 14.2. The third-order valence-corrected chi connectivity index (χ3v) is 3.48. The molecule has 2 aromatic carbocycles. The van der Waals surface area contributed by atoms with E-state index in [2.05, 4.69) is 5.32 Å². The summed E-state index contributed by atoms with van der Waals surface area (Å²) in [7, 11) is 0. The smallest absolute Gasteiger partial charge is 0.276 e. The Labute approximate surface area is 146 Å². The Balaban J connectivity index is 2.06. The van der Waals surface area contributed by atoms with E-state index in [1.54, 1.807) is 30.3 Å². The quantitative estimate of drug-likeness (QED) is 0.462. The first kappa shape index (κ1) is 18.2. The standard InChI is InChI=1S/C19H20N2O4/c1-3-12-25-16-9-10-17(14(2)13-16)20-19(22)11-8-15-6-4-5-7-18(15)21(23)24/h4-11,13H,3,12H2,1-2H3,(H,20,22)/b11-8+. The molecule has 0 radical (unpaired) electrons. The largest absolute Gasteiger partial charge is 0.494 e. The van der Waals surface area contributed by atoms with Gasteiger partial charge in [0, 0.05) is 17.8 Å². The minimum Gasteiger partial charge on any atom is -0.494 e. The third-order valence-electron chi connectivity index (χ3n) is 3.48. The average Bonchev–Trinajstić information content (AvgIpc) is 2.60. The summed E-state index contributed by atoms with van der Waals surface area (Å²) in [6, 6.07) is 11.7. The number of para-hydroxylation sites is 1. The van der Waals surface area contributed by atoms with Gasteiger partial charge in [-0.1, -0.05) is 19.1 Å². The first-order chi connectivity index (χ1) is 12.0. The summed E-state index contributed by atoms with van der Waals surface area (Å²) in [6.45, 7) is 4.55. The van der Waals surface area contributed by atoms with E-state index in [4.69, 9.17) is 4.74 Å². The van der Waals surface area contributed by atoms with Crippen molar-refractivity contribution >= 4 is 23.4 Å². The number of carbonyl (C=O) groups excluding carboxylic acids is 1. The number of hydrogen-bond acceptors (Lipinski definition) is 4. The van der Waals surface area contributed by atoms with Crippen molar-refractivity contribution in [1.82, 2.24) is 0 Å². The van der Waals surface area contributed by atoms with Crippen molar-refractivity contribution in [2.75, 3.05) is 11.9 Å². The van der Waals surface area contributed by atoms with Crippen LogP contribution in [0.4, 0.5) is 11.4 Å².